The van der Waals surface area contributed by atoms with E-state index < -0.39 is 15.8 Å². The summed E-state index contributed by atoms with van der Waals surface area (Å²) in [7, 11) is -4.66. The Kier molecular flexibility index (Phi) is 5.87. The number of hydrogen-bond donors (Lipinski definition) is 1. The predicted molar refractivity (Wildman–Crippen MR) is 109 cm³/mol. The number of fused-ring (bicyclic) bond motifs is 1. The van der Waals surface area contributed by atoms with Crippen LogP contribution in [0, 0.1) is 5.92 Å². The number of nitrogens with zero attached hydrogens (tertiary/aromatic N) is 3. The van der Waals surface area contributed by atoms with Gasteiger partial charge in [-0.05, 0) is 30.4 Å². The Bertz CT molecular complexity index is 923. The summed E-state index contributed by atoms with van der Waals surface area (Å²) >= 11 is 0. The molecule has 0 bridgehead atoms. The van der Waals surface area contributed by atoms with Crippen LogP contribution < -0.4 is 4.90 Å². The monoisotopic (exact) mass is 426 g/mol. The molecule has 0 amide bonds. The maximum Gasteiger partial charge on any atom is 0.350 e. The van der Waals surface area contributed by atoms with Crippen molar-refractivity contribution in [3.05, 3.63) is 48.0 Å². The van der Waals surface area contributed by atoms with Gasteiger partial charge in [-0.15, -0.1) is 0 Å². The fourth-order valence-corrected chi connectivity index (χ4v) is 5.17. The standard InChI is InChI=1S/C20H26F2N4O2S.H2/c21-20(22)29(27,28)25-11-16-6-1-2-7-19(16)26(12-17-10-23-14-24-17)18(13-25)9-8-15-4-3-5-15;/h1-2,6-7,10,14-15,18,20H,3-5,8-9,11-13H2,(H,23,24);1H/t18-;/m0./s1. The van der Waals surface area contributed by atoms with Crippen molar-refractivity contribution in [2.75, 3.05) is 11.4 Å². The van der Waals surface area contributed by atoms with Crippen LogP contribution in [0.25, 0.3) is 0 Å². The summed E-state index contributed by atoms with van der Waals surface area (Å²) in [4.78, 5) is 9.33. The van der Waals surface area contributed by atoms with Crippen LogP contribution in [-0.4, -0.2) is 41.0 Å². The number of aromatic nitrogens is 2. The number of aromatic amines is 1. The molecule has 160 valence electrons. The molecule has 1 aromatic carbocycles. The minimum Gasteiger partial charge on any atom is -0.361 e. The molecule has 0 spiro atoms. The van der Waals surface area contributed by atoms with Gasteiger partial charge in [0.25, 0.3) is 10.0 Å². The minimum atomic E-state index is -4.66. The van der Waals surface area contributed by atoms with Crippen LogP contribution in [0.5, 0.6) is 0 Å². The number of sulfonamides is 1. The molecule has 2 aliphatic rings. The second kappa shape index (κ2) is 8.39. The average Bonchev–Trinajstić information content (AvgIpc) is 3.11. The van der Waals surface area contributed by atoms with Gasteiger partial charge in [-0.2, -0.15) is 13.1 Å². The van der Waals surface area contributed by atoms with E-state index in [0.717, 1.165) is 34.1 Å². The minimum absolute atomic E-state index is 0. The van der Waals surface area contributed by atoms with Crippen LogP contribution in [0.3, 0.4) is 0 Å². The molecule has 2 heterocycles. The molecular weight excluding hydrogens is 398 g/mol. The summed E-state index contributed by atoms with van der Waals surface area (Å²) in [5.41, 5.74) is 2.54. The maximum atomic E-state index is 13.4. The highest BCUT2D eigenvalue weighted by molar-refractivity contribution is 7.89. The fourth-order valence-electron chi connectivity index (χ4n) is 4.24. The lowest BCUT2D eigenvalue weighted by Gasteiger charge is -2.35. The van der Waals surface area contributed by atoms with Crippen molar-refractivity contribution in [3.8, 4) is 0 Å². The Morgan fingerprint density at radius 2 is 2.03 bits per heavy atom. The van der Waals surface area contributed by atoms with Crippen LogP contribution in [0.4, 0.5) is 14.5 Å². The molecule has 2 aromatic rings. The van der Waals surface area contributed by atoms with E-state index in [4.69, 9.17) is 0 Å². The molecule has 0 radical (unpaired) electrons. The lowest BCUT2D eigenvalue weighted by Crippen LogP contribution is -2.45. The van der Waals surface area contributed by atoms with Crippen LogP contribution >= 0.6 is 0 Å². The molecule has 1 aliphatic heterocycles. The zero-order valence-corrected chi connectivity index (χ0v) is 17.0. The molecule has 1 N–H and O–H groups in total. The summed E-state index contributed by atoms with van der Waals surface area (Å²) in [5.74, 6) is -2.76. The zero-order chi connectivity index (χ0) is 20.4. The summed E-state index contributed by atoms with van der Waals surface area (Å²) in [5, 5.41) is 0. The van der Waals surface area contributed by atoms with E-state index >= 15 is 0 Å². The number of alkyl halides is 2. The topological polar surface area (TPSA) is 69.3 Å². The van der Waals surface area contributed by atoms with Crippen LogP contribution in [-0.2, 0) is 23.1 Å². The van der Waals surface area contributed by atoms with Gasteiger partial charge in [-0.3, -0.25) is 0 Å². The van der Waals surface area contributed by atoms with E-state index in [0.29, 0.717) is 12.5 Å². The Morgan fingerprint density at radius 3 is 2.69 bits per heavy atom. The third-order valence-electron chi connectivity index (χ3n) is 6.12. The number of nitrogens with one attached hydrogen (secondary N) is 1. The van der Waals surface area contributed by atoms with E-state index in [1.54, 1.807) is 12.5 Å². The smallest absolute Gasteiger partial charge is 0.350 e. The van der Waals surface area contributed by atoms with Gasteiger partial charge in [0.15, 0.2) is 0 Å². The molecule has 29 heavy (non-hydrogen) atoms. The van der Waals surface area contributed by atoms with Crippen molar-refractivity contribution in [1.29, 1.82) is 0 Å². The van der Waals surface area contributed by atoms with Crippen molar-refractivity contribution >= 4 is 15.7 Å². The maximum absolute atomic E-state index is 13.4. The van der Waals surface area contributed by atoms with Gasteiger partial charge in [0.2, 0.25) is 0 Å². The SMILES string of the molecule is O=S(=O)(C(F)F)N1Cc2ccccc2N(Cc2cnc[nH]2)[C@@H](CCC2CCC2)C1.[HH]. The molecular formula is C20H28F2N4O2S. The largest absolute Gasteiger partial charge is 0.361 e. The zero-order valence-electron chi connectivity index (χ0n) is 16.2. The van der Waals surface area contributed by atoms with E-state index in [2.05, 4.69) is 14.9 Å². The number of para-hydroxylation sites is 1. The van der Waals surface area contributed by atoms with Gasteiger partial charge in [-0.25, -0.2) is 13.4 Å². The van der Waals surface area contributed by atoms with Gasteiger partial charge in [0.1, 0.15) is 0 Å². The molecule has 1 aliphatic carbocycles. The van der Waals surface area contributed by atoms with Crippen LogP contribution in [0.1, 0.15) is 44.8 Å². The molecule has 9 heteroatoms. The van der Waals surface area contributed by atoms with Crippen molar-refractivity contribution in [3.63, 3.8) is 0 Å². The second-order valence-electron chi connectivity index (χ2n) is 7.96. The predicted octanol–water partition coefficient (Wildman–Crippen LogP) is 3.98. The first-order chi connectivity index (χ1) is 13.9. The van der Waals surface area contributed by atoms with E-state index in [1.807, 2.05) is 24.3 Å². The van der Waals surface area contributed by atoms with Gasteiger partial charge in [0, 0.05) is 32.4 Å². The lowest BCUT2D eigenvalue weighted by molar-refractivity contribution is 0.214. The van der Waals surface area contributed by atoms with Gasteiger partial charge in [0.05, 0.1) is 18.6 Å². The molecule has 4 rings (SSSR count). The first-order valence-corrected chi connectivity index (χ1v) is 11.5. The van der Waals surface area contributed by atoms with Gasteiger partial charge >= 0.3 is 5.76 Å². The highest BCUT2D eigenvalue weighted by atomic mass is 32.2. The number of anilines is 1. The molecule has 1 aromatic heterocycles. The Labute approximate surface area is 171 Å². The molecule has 0 saturated heterocycles. The first-order valence-electron chi connectivity index (χ1n) is 10.0. The number of hydrogen-bond acceptors (Lipinski definition) is 4. The third-order valence-corrected chi connectivity index (χ3v) is 7.56. The highest BCUT2D eigenvalue weighted by Gasteiger charge is 2.38. The normalized spacial score (nSPS) is 21.1. The summed E-state index contributed by atoms with van der Waals surface area (Å²) < 4.78 is 52.4. The second-order valence-corrected chi connectivity index (χ2v) is 9.86. The molecule has 1 saturated carbocycles. The number of halogens is 2. The first kappa shape index (κ1) is 20.3. The molecule has 1 fully saturated rings. The quantitative estimate of drug-likeness (QED) is 0.727. The molecule has 6 nitrogen and oxygen atoms in total. The molecule has 1 atom stereocenters. The van der Waals surface area contributed by atoms with E-state index in [1.165, 1.54) is 19.3 Å². The number of imidazole rings is 1. The average molecular weight is 427 g/mol. The summed E-state index contributed by atoms with van der Waals surface area (Å²) in [6.07, 6.45) is 8.73. The lowest BCUT2D eigenvalue weighted by atomic mass is 9.81. The van der Waals surface area contributed by atoms with Gasteiger partial charge < -0.3 is 9.88 Å². The Hall–Kier alpha value is -2.00. The Balaban J connectivity index is 0.00000256. The summed E-state index contributed by atoms with van der Waals surface area (Å²) in [6, 6.07) is 7.29. The number of H-pyrrole nitrogens is 1. The van der Waals surface area contributed by atoms with Crippen LogP contribution in [0.2, 0.25) is 0 Å². The fraction of sp³-hybridized carbons (Fsp3) is 0.550. The van der Waals surface area contributed by atoms with E-state index in [9.17, 15) is 17.2 Å². The van der Waals surface area contributed by atoms with Crippen molar-refractivity contribution in [2.45, 2.75) is 57.0 Å². The highest BCUT2D eigenvalue weighted by Crippen LogP contribution is 2.36. The van der Waals surface area contributed by atoms with Gasteiger partial charge in [-0.1, -0.05) is 37.5 Å². The number of rotatable bonds is 7. The van der Waals surface area contributed by atoms with Crippen molar-refractivity contribution < 1.29 is 18.6 Å². The van der Waals surface area contributed by atoms with Crippen LogP contribution in [0.15, 0.2) is 36.8 Å². The van der Waals surface area contributed by atoms with E-state index in [-0.39, 0.29) is 20.6 Å². The molecule has 0 unspecified atom stereocenters. The summed E-state index contributed by atoms with van der Waals surface area (Å²) in [6.45, 7) is 0.541. The van der Waals surface area contributed by atoms with Crippen molar-refractivity contribution in [2.24, 2.45) is 5.92 Å². The van der Waals surface area contributed by atoms with Crippen molar-refractivity contribution in [1.82, 2.24) is 14.3 Å². The Morgan fingerprint density at radius 1 is 1.24 bits per heavy atom. The number of benzene rings is 1. The third kappa shape index (κ3) is 4.30.